The summed E-state index contributed by atoms with van der Waals surface area (Å²) in [4.78, 5) is 20.5. The molecular formula is C42H48ClN3O4S. The van der Waals surface area contributed by atoms with E-state index in [-0.39, 0.29) is 23.2 Å². The zero-order chi connectivity index (χ0) is 35.8. The predicted molar refractivity (Wildman–Crippen MR) is 207 cm³/mol. The average Bonchev–Trinajstić information content (AvgIpc) is 3.24. The van der Waals surface area contributed by atoms with Gasteiger partial charge < -0.3 is 14.7 Å². The molecule has 2 aromatic carbocycles. The first kappa shape index (κ1) is 35.6. The number of hydrogen-bond acceptors (Lipinski definition) is 6. The van der Waals surface area contributed by atoms with Gasteiger partial charge in [0.1, 0.15) is 11.4 Å². The van der Waals surface area contributed by atoms with Gasteiger partial charge in [-0.3, -0.25) is 14.5 Å². The molecule has 1 spiro atoms. The van der Waals surface area contributed by atoms with Gasteiger partial charge >= 0.3 is 0 Å². The third-order valence-electron chi connectivity index (χ3n) is 11.8. The van der Waals surface area contributed by atoms with Gasteiger partial charge in [0.15, 0.2) is 0 Å². The first-order valence-electron chi connectivity index (χ1n) is 18.3. The molecule has 1 fully saturated rings. The minimum atomic E-state index is -3.00. The molecule has 51 heavy (non-hydrogen) atoms. The number of aliphatic hydroxyl groups is 1. The van der Waals surface area contributed by atoms with Crippen molar-refractivity contribution in [2.75, 3.05) is 24.6 Å². The van der Waals surface area contributed by atoms with Crippen LogP contribution < -0.4 is 14.4 Å². The van der Waals surface area contributed by atoms with E-state index in [0.29, 0.717) is 50.3 Å². The summed E-state index contributed by atoms with van der Waals surface area (Å²) in [6, 6.07) is 17.6. The lowest BCUT2D eigenvalue weighted by molar-refractivity contribution is -0.00325. The number of anilines is 1. The van der Waals surface area contributed by atoms with Crippen LogP contribution in [0.15, 0.2) is 72.9 Å². The number of fused-ring (bicyclic) bond motifs is 4. The van der Waals surface area contributed by atoms with Crippen LogP contribution in [0.5, 0.6) is 5.75 Å². The van der Waals surface area contributed by atoms with Gasteiger partial charge in [0.2, 0.25) is 0 Å². The molecule has 4 aliphatic rings. The topological polar surface area (TPSA) is 91.8 Å². The van der Waals surface area contributed by atoms with Crippen LogP contribution in [0.25, 0.3) is 0 Å². The maximum absolute atomic E-state index is 13.9. The van der Waals surface area contributed by atoms with Crippen molar-refractivity contribution in [2.24, 2.45) is 17.8 Å². The Bertz CT molecular complexity index is 1990. The molecule has 1 unspecified atom stereocenters. The summed E-state index contributed by atoms with van der Waals surface area (Å²) in [7, 11) is -3.00. The summed E-state index contributed by atoms with van der Waals surface area (Å²) in [6.45, 7) is 5.73. The zero-order valence-corrected chi connectivity index (χ0v) is 31.1. The van der Waals surface area contributed by atoms with E-state index < -0.39 is 26.5 Å². The number of nitrogens with zero attached hydrogens (tertiary/aromatic N) is 2. The Morgan fingerprint density at radius 3 is 2.82 bits per heavy atom. The number of carbonyl (C=O) groups excluding carboxylic acids is 1. The monoisotopic (exact) mass is 725 g/mol. The molecule has 1 saturated carbocycles. The Morgan fingerprint density at radius 1 is 1.18 bits per heavy atom. The fraction of sp³-hybridized carbons (Fsp3) is 0.452. The highest BCUT2D eigenvalue weighted by molar-refractivity contribution is 7.99. The van der Waals surface area contributed by atoms with Crippen molar-refractivity contribution in [1.82, 2.24) is 9.71 Å². The number of carbonyl (C=O) groups is 1. The second-order valence-electron chi connectivity index (χ2n) is 15.2. The molecule has 268 valence electrons. The smallest absolute Gasteiger partial charge is 0.262 e. The number of benzene rings is 2. The Hall–Kier alpha value is -3.77. The van der Waals surface area contributed by atoms with Gasteiger partial charge in [-0.15, -0.1) is 0 Å². The SMILES string of the molecule is C=S1(=O)NC(=O)c2ccc3c(c2)N(C[C@@H]2CC[C@H]2[C@](O)(C#CCCc2ccccn2)/C=C/C[C@H](C)[C@H]1C)C[C@@]1(CCCc2cc(Cl)ccc21)CO3. The van der Waals surface area contributed by atoms with E-state index in [4.69, 9.17) is 16.3 Å². The highest BCUT2D eigenvalue weighted by Crippen LogP contribution is 2.48. The molecule has 0 saturated heterocycles. The number of halogens is 1. The number of aromatic nitrogens is 1. The normalized spacial score (nSPS) is 32.5. The lowest BCUT2D eigenvalue weighted by atomic mass is 9.64. The second kappa shape index (κ2) is 14.3. The molecule has 3 aromatic rings. The molecule has 7 nitrogen and oxygen atoms in total. The number of aryl methyl sites for hydroxylation is 2. The number of ether oxygens (including phenoxy) is 1. The summed E-state index contributed by atoms with van der Waals surface area (Å²) in [5, 5.41) is 12.7. The number of allylic oxidation sites excluding steroid dienone is 1. The molecule has 1 aromatic heterocycles. The van der Waals surface area contributed by atoms with Crippen molar-refractivity contribution in [3.8, 4) is 17.6 Å². The van der Waals surface area contributed by atoms with E-state index in [1.807, 2.05) is 62.4 Å². The molecule has 7 rings (SSSR count). The van der Waals surface area contributed by atoms with Gasteiger partial charge in [0.05, 0.1) is 22.0 Å². The molecule has 2 N–H and O–H groups in total. The lowest BCUT2D eigenvalue weighted by Crippen LogP contribution is -2.52. The Labute approximate surface area is 308 Å². The van der Waals surface area contributed by atoms with Crippen molar-refractivity contribution >= 4 is 38.8 Å². The van der Waals surface area contributed by atoms with Gasteiger partial charge in [0.25, 0.3) is 5.91 Å². The van der Waals surface area contributed by atoms with Crippen LogP contribution >= 0.6 is 11.6 Å². The summed E-state index contributed by atoms with van der Waals surface area (Å²) < 4.78 is 23.3. The molecule has 3 heterocycles. The minimum absolute atomic E-state index is 0.0709. The van der Waals surface area contributed by atoms with Gasteiger partial charge in [-0.25, -0.2) is 4.21 Å². The van der Waals surface area contributed by atoms with Gasteiger partial charge in [-0.2, -0.15) is 0 Å². The second-order valence-corrected chi connectivity index (χ2v) is 18.0. The van der Waals surface area contributed by atoms with Crippen LogP contribution in [0.3, 0.4) is 0 Å². The van der Waals surface area contributed by atoms with E-state index in [0.717, 1.165) is 48.5 Å². The fourth-order valence-electron chi connectivity index (χ4n) is 8.44. The molecule has 0 radical (unpaired) electrons. The Balaban J connectivity index is 1.28. The number of hydrogen-bond donors (Lipinski definition) is 2. The Morgan fingerprint density at radius 2 is 2.04 bits per heavy atom. The molecular weight excluding hydrogens is 678 g/mol. The van der Waals surface area contributed by atoms with Crippen LogP contribution in [0.1, 0.15) is 79.6 Å². The zero-order valence-electron chi connectivity index (χ0n) is 29.6. The van der Waals surface area contributed by atoms with E-state index in [2.05, 4.69) is 44.4 Å². The van der Waals surface area contributed by atoms with Crippen molar-refractivity contribution in [3.63, 3.8) is 0 Å². The molecule has 9 heteroatoms. The standard InChI is InChI=1S/C42H48ClN3O4S/c1-29-10-8-22-42(48,21-6-4-12-35-13-5-7-23-44-35)37-17-14-33(37)26-46-27-41(20-9-11-31-24-34(43)16-18-36(31)41)28-50-39-19-15-32(25-38(39)46)40(47)45-51(3,49)30(29)2/h5,7-8,13,15-16,18-19,22-25,29-30,33,37,48H,3-4,9-12,14,17,20,26-28H2,1-2H3,(H,45,47,49)/b22-8+/t29-,30+,33-,37+,41-,42-,51?/m0/s1. The first-order valence-corrected chi connectivity index (χ1v) is 20.4. The van der Waals surface area contributed by atoms with E-state index in [9.17, 15) is 14.1 Å². The largest absolute Gasteiger partial charge is 0.490 e. The van der Waals surface area contributed by atoms with Crippen LogP contribution in [-0.4, -0.2) is 56.6 Å². The van der Waals surface area contributed by atoms with Gasteiger partial charge in [0, 0.05) is 65.0 Å². The van der Waals surface area contributed by atoms with Crippen molar-refractivity contribution in [2.45, 2.75) is 81.5 Å². The fourth-order valence-corrected chi connectivity index (χ4v) is 10.1. The van der Waals surface area contributed by atoms with Gasteiger partial charge in [-0.1, -0.05) is 48.6 Å². The maximum atomic E-state index is 13.9. The van der Waals surface area contributed by atoms with Crippen molar-refractivity contribution in [1.29, 1.82) is 0 Å². The van der Waals surface area contributed by atoms with E-state index in [1.165, 1.54) is 11.1 Å². The molecule has 1 amide bonds. The highest BCUT2D eigenvalue weighted by atomic mass is 35.5. The number of rotatable bonds is 2. The first-order chi connectivity index (χ1) is 24.5. The summed E-state index contributed by atoms with van der Waals surface area (Å²) in [5.41, 5.74) is 3.13. The van der Waals surface area contributed by atoms with Gasteiger partial charge in [-0.05, 0) is 123 Å². The number of nitrogens with one attached hydrogen (secondary N) is 1. The lowest BCUT2D eigenvalue weighted by Gasteiger charge is -2.47. The summed E-state index contributed by atoms with van der Waals surface area (Å²) in [6.07, 6.45) is 12.3. The van der Waals surface area contributed by atoms with Crippen LogP contribution in [-0.2, 0) is 28.0 Å². The summed E-state index contributed by atoms with van der Waals surface area (Å²) in [5.74, 6) is 10.9. The molecule has 2 aliphatic heterocycles. The van der Waals surface area contributed by atoms with Crippen LogP contribution in [0, 0.1) is 29.6 Å². The molecule has 2 aliphatic carbocycles. The quantitative estimate of drug-likeness (QED) is 0.169. The number of pyridine rings is 1. The predicted octanol–water partition coefficient (Wildman–Crippen LogP) is 6.95. The van der Waals surface area contributed by atoms with Crippen LogP contribution in [0.4, 0.5) is 5.69 Å². The molecule has 7 atom stereocenters. The Kier molecular flexibility index (Phi) is 10.0. The highest BCUT2D eigenvalue weighted by Gasteiger charge is 2.47. The van der Waals surface area contributed by atoms with Crippen molar-refractivity contribution < 1.29 is 18.8 Å². The van der Waals surface area contributed by atoms with Crippen molar-refractivity contribution in [3.05, 3.63) is 100 Å². The molecule has 2 bridgehead atoms. The summed E-state index contributed by atoms with van der Waals surface area (Å²) >= 11 is 6.47. The number of amides is 1. The average molecular weight is 726 g/mol. The maximum Gasteiger partial charge on any atom is 0.262 e. The van der Waals surface area contributed by atoms with Crippen LogP contribution in [0.2, 0.25) is 5.02 Å². The van der Waals surface area contributed by atoms with E-state index in [1.54, 1.807) is 12.3 Å². The third kappa shape index (κ3) is 7.31. The third-order valence-corrected chi connectivity index (χ3v) is 14.2. The van der Waals surface area contributed by atoms with E-state index >= 15 is 0 Å². The minimum Gasteiger partial charge on any atom is -0.490 e.